The molecule has 1 amide bonds. The van der Waals surface area contributed by atoms with Gasteiger partial charge in [0.25, 0.3) is 5.91 Å². The van der Waals surface area contributed by atoms with Crippen LogP contribution >= 0.6 is 15.9 Å². The monoisotopic (exact) mass is 491 g/mol. The number of amides is 1. The summed E-state index contributed by atoms with van der Waals surface area (Å²) in [6.07, 6.45) is 1.30. The Morgan fingerprint density at radius 2 is 1.84 bits per heavy atom. The normalized spacial score (nSPS) is 11.1. The highest BCUT2D eigenvalue weighted by atomic mass is 79.9. The minimum Gasteiger partial charge on any atom is -0.508 e. The topological polar surface area (TPSA) is 104 Å². The highest BCUT2D eigenvalue weighted by molar-refractivity contribution is 9.10. The number of benzene rings is 3. The van der Waals surface area contributed by atoms with Crippen molar-refractivity contribution in [3.8, 4) is 28.5 Å². The summed E-state index contributed by atoms with van der Waals surface area (Å²) in [5, 5.41) is 23.8. The van der Waals surface area contributed by atoms with Crippen molar-refractivity contribution in [1.82, 2.24) is 10.4 Å². The largest absolute Gasteiger partial charge is 0.508 e. The van der Waals surface area contributed by atoms with Crippen LogP contribution in [0.3, 0.4) is 0 Å². The zero-order valence-electron chi connectivity index (χ0n) is 16.9. The van der Waals surface area contributed by atoms with Crippen molar-refractivity contribution in [2.45, 2.75) is 0 Å². The van der Waals surface area contributed by atoms with Gasteiger partial charge in [0.05, 0.1) is 30.1 Å². The van der Waals surface area contributed by atoms with E-state index in [1.165, 1.54) is 24.4 Å². The van der Waals surface area contributed by atoms with Gasteiger partial charge in [0.1, 0.15) is 17.2 Å². The molecule has 160 valence electrons. The number of methoxy groups -OCH3 is 1. The molecule has 0 spiro atoms. The summed E-state index contributed by atoms with van der Waals surface area (Å²) in [7, 11) is 1.55. The number of nitrogens with one attached hydrogen (secondary N) is 1. The fourth-order valence-electron chi connectivity index (χ4n) is 3.15. The second-order valence-corrected chi connectivity index (χ2v) is 7.80. The van der Waals surface area contributed by atoms with Crippen molar-refractivity contribution in [3.63, 3.8) is 0 Å². The first-order valence-corrected chi connectivity index (χ1v) is 10.3. The molecule has 4 aromatic rings. The molecule has 0 bridgehead atoms. The summed E-state index contributed by atoms with van der Waals surface area (Å²) in [4.78, 5) is 17.7. The van der Waals surface area contributed by atoms with E-state index in [2.05, 4.69) is 26.5 Å². The van der Waals surface area contributed by atoms with Gasteiger partial charge in [-0.2, -0.15) is 5.10 Å². The quantitative estimate of drug-likeness (QED) is 0.273. The van der Waals surface area contributed by atoms with Crippen molar-refractivity contribution >= 4 is 39.0 Å². The number of nitrogens with zero attached hydrogens (tertiary/aromatic N) is 2. The van der Waals surface area contributed by atoms with Gasteiger partial charge in [0, 0.05) is 27.1 Å². The summed E-state index contributed by atoms with van der Waals surface area (Å²) in [5.74, 6) is -0.0678. The van der Waals surface area contributed by atoms with Crippen LogP contribution in [-0.2, 0) is 0 Å². The lowest BCUT2D eigenvalue weighted by Gasteiger charge is -2.10. The summed E-state index contributed by atoms with van der Waals surface area (Å²) in [6, 6.07) is 18.8. The number of fused-ring (bicyclic) bond motifs is 1. The number of aromatic hydroxyl groups is 2. The highest BCUT2D eigenvalue weighted by Gasteiger charge is 2.15. The van der Waals surface area contributed by atoms with Gasteiger partial charge in [-0.3, -0.25) is 4.79 Å². The first kappa shape index (κ1) is 21.3. The Bertz CT molecular complexity index is 1340. The van der Waals surface area contributed by atoms with Crippen molar-refractivity contribution in [2.24, 2.45) is 5.10 Å². The van der Waals surface area contributed by atoms with Gasteiger partial charge >= 0.3 is 0 Å². The third-order valence-electron chi connectivity index (χ3n) is 4.78. The van der Waals surface area contributed by atoms with Crippen LogP contribution in [0.1, 0.15) is 15.9 Å². The van der Waals surface area contributed by atoms with Crippen LogP contribution < -0.4 is 10.2 Å². The average molecular weight is 492 g/mol. The van der Waals surface area contributed by atoms with E-state index in [0.29, 0.717) is 33.5 Å². The fourth-order valence-corrected chi connectivity index (χ4v) is 3.41. The van der Waals surface area contributed by atoms with E-state index < -0.39 is 5.91 Å². The number of halogens is 1. The predicted molar refractivity (Wildman–Crippen MR) is 126 cm³/mol. The van der Waals surface area contributed by atoms with Gasteiger partial charge in [0.15, 0.2) is 0 Å². The zero-order valence-corrected chi connectivity index (χ0v) is 18.5. The first-order valence-electron chi connectivity index (χ1n) is 9.55. The number of hydrogen-bond acceptors (Lipinski definition) is 6. The Labute approximate surface area is 192 Å². The van der Waals surface area contributed by atoms with E-state index in [0.717, 1.165) is 10.0 Å². The van der Waals surface area contributed by atoms with E-state index in [4.69, 9.17) is 9.72 Å². The minimum atomic E-state index is -0.446. The third kappa shape index (κ3) is 4.55. The number of ether oxygens (including phenoxy) is 1. The van der Waals surface area contributed by atoms with Gasteiger partial charge in [-0.1, -0.05) is 28.1 Å². The van der Waals surface area contributed by atoms with Crippen molar-refractivity contribution < 1.29 is 19.7 Å². The van der Waals surface area contributed by atoms with Gasteiger partial charge in [-0.25, -0.2) is 10.4 Å². The van der Waals surface area contributed by atoms with Gasteiger partial charge in [0.2, 0.25) is 0 Å². The molecule has 32 heavy (non-hydrogen) atoms. The molecule has 8 heteroatoms. The van der Waals surface area contributed by atoms with Crippen LogP contribution in [0.25, 0.3) is 22.2 Å². The van der Waals surface area contributed by atoms with Crippen LogP contribution in [0.15, 0.2) is 76.3 Å². The smallest absolute Gasteiger partial charge is 0.272 e. The predicted octanol–water partition coefficient (Wildman–Crippen LogP) is 4.85. The van der Waals surface area contributed by atoms with Crippen LogP contribution in [0.5, 0.6) is 17.2 Å². The number of aromatic nitrogens is 1. The van der Waals surface area contributed by atoms with Crippen molar-refractivity contribution in [1.29, 1.82) is 0 Å². The van der Waals surface area contributed by atoms with Crippen molar-refractivity contribution in [3.05, 3.63) is 82.3 Å². The van der Waals surface area contributed by atoms with Crippen molar-refractivity contribution in [2.75, 3.05) is 7.11 Å². The zero-order chi connectivity index (χ0) is 22.7. The SMILES string of the molecule is COc1ccc2nc(-c3ccc(Br)cc3)cc(C(=O)NN=Cc3ccc(O)cc3O)c2c1. The molecule has 3 aromatic carbocycles. The molecule has 1 aromatic heterocycles. The maximum absolute atomic E-state index is 13.0. The van der Waals surface area contributed by atoms with Crippen LogP contribution in [0.4, 0.5) is 0 Å². The molecular weight excluding hydrogens is 474 g/mol. The molecule has 0 aliphatic carbocycles. The van der Waals surface area contributed by atoms with Crippen LogP contribution in [-0.4, -0.2) is 34.4 Å². The standard InChI is InChI=1S/C24H18BrN3O4/c1-32-18-8-9-21-19(11-18)20(12-22(27-21)14-2-5-16(25)6-3-14)24(31)28-26-13-15-4-7-17(29)10-23(15)30/h2-13,29-30H,1H3,(H,28,31). The number of hydrazone groups is 1. The number of hydrogen-bond donors (Lipinski definition) is 3. The molecule has 3 N–H and O–H groups in total. The number of pyridine rings is 1. The number of carbonyl (C=O) groups is 1. The van der Waals surface area contributed by atoms with Gasteiger partial charge in [-0.05, 0) is 48.5 Å². The molecule has 4 rings (SSSR count). The molecule has 0 fully saturated rings. The number of rotatable bonds is 5. The molecule has 0 saturated heterocycles. The molecule has 1 heterocycles. The lowest BCUT2D eigenvalue weighted by molar-refractivity contribution is 0.0956. The Balaban J connectivity index is 1.72. The Kier molecular flexibility index (Phi) is 6.04. The average Bonchev–Trinajstić information content (AvgIpc) is 2.79. The summed E-state index contributed by atoms with van der Waals surface area (Å²) in [5.41, 5.74) is 5.34. The van der Waals surface area contributed by atoms with Gasteiger partial charge in [-0.15, -0.1) is 0 Å². The maximum Gasteiger partial charge on any atom is 0.272 e. The fraction of sp³-hybridized carbons (Fsp3) is 0.0417. The van der Waals surface area contributed by atoms with E-state index >= 15 is 0 Å². The van der Waals surface area contributed by atoms with E-state index in [1.54, 1.807) is 31.4 Å². The second kappa shape index (κ2) is 9.07. The van der Waals surface area contributed by atoms with E-state index in [9.17, 15) is 15.0 Å². The van der Waals surface area contributed by atoms with E-state index in [1.807, 2.05) is 24.3 Å². The third-order valence-corrected chi connectivity index (χ3v) is 5.31. The molecule has 0 unspecified atom stereocenters. The minimum absolute atomic E-state index is 0.0682. The summed E-state index contributed by atoms with van der Waals surface area (Å²) in [6.45, 7) is 0. The molecular formula is C24H18BrN3O4. The number of carbonyl (C=O) groups excluding carboxylic acids is 1. The Morgan fingerprint density at radius 1 is 1.06 bits per heavy atom. The summed E-state index contributed by atoms with van der Waals surface area (Å²) < 4.78 is 6.25. The Hall–Kier alpha value is -3.91. The molecule has 0 aliphatic rings. The number of phenolic OH excluding ortho intramolecular Hbond substituents is 2. The number of phenols is 2. The second-order valence-electron chi connectivity index (χ2n) is 6.89. The van der Waals surface area contributed by atoms with E-state index in [-0.39, 0.29) is 11.5 Å². The molecule has 0 saturated carbocycles. The molecule has 0 aliphatic heterocycles. The highest BCUT2D eigenvalue weighted by Crippen LogP contribution is 2.28. The summed E-state index contributed by atoms with van der Waals surface area (Å²) >= 11 is 3.42. The maximum atomic E-state index is 13.0. The van der Waals surface area contributed by atoms with Crippen LogP contribution in [0.2, 0.25) is 0 Å². The first-order chi connectivity index (χ1) is 15.4. The lowest BCUT2D eigenvalue weighted by Crippen LogP contribution is -2.18. The Morgan fingerprint density at radius 3 is 2.56 bits per heavy atom. The molecule has 0 atom stereocenters. The van der Waals surface area contributed by atoms with Gasteiger partial charge < -0.3 is 14.9 Å². The van der Waals surface area contributed by atoms with Crippen LogP contribution in [0, 0.1) is 0 Å². The molecule has 0 radical (unpaired) electrons. The lowest BCUT2D eigenvalue weighted by atomic mass is 10.0. The molecule has 7 nitrogen and oxygen atoms in total.